The Balaban J connectivity index is 2.59. The van der Waals surface area contributed by atoms with Crippen molar-refractivity contribution in [3.63, 3.8) is 0 Å². The number of nitrogens with zero attached hydrogens (tertiary/aromatic N) is 3. The average molecular weight is 323 g/mol. The molecule has 0 saturated carbocycles. The van der Waals surface area contributed by atoms with Gasteiger partial charge in [-0.05, 0) is 19.9 Å². The van der Waals surface area contributed by atoms with Crippen LogP contribution in [0.4, 0.5) is 0 Å². The molecule has 8 heteroatoms. The molecule has 22 heavy (non-hydrogen) atoms. The summed E-state index contributed by atoms with van der Waals surface area (Å²) in [6, 6.07) is 1.66. The summed E-state index contributed by atoms with van der Waals surface area (Å²) in [5, 5.41) is -0.138. The lowest BCUT2D eigenvalue weighted by Crippen LogP contribution is -2.37. The number of hydrogen-bond donors (Lipinski definition) is 0. The van der Waals surface area contributed by atoms with E-state index in [0.29, 0.717) is 22.5 Å². The fourth-order valence-electron chi connectivity index (χ4n) is 2.06. The number of carbonyl (C=O) groups is 1. The van der Waals surface area contributed by atoms with Crippen LogP contribution < -0.4 is 11.2 Å². The molecule has 0 spiro atoms. The third-order valence-electron chi connectivity index (χ3n) is 3.23. The lowest BCUT2D eigenvalue weighted by atomic mass is 10.3. The van der Waals surface area contributed by atoms with Crippen molar-refractivity contribution in [2.75, 3.05) is 6.61 Å². The van der Waals surface area contributed by atoms with E-state index in [1.54, 1.807) is 27.0 Å². The van der Waals surface area contributed by atoms with Crippen LogP contribution in [0, 0.1) is 0 Å². The van der Waals surface area contributed by atoms with Crippen molar-refractivity contribution in [3.05, 3.63) is 33.1 Å². The van der Waals surface area contributed by atoms with Gasteiger partial charge in [-0.2, -0.15) is 0 Å². The van der Waals surface area contributed by atoms with Gasteiger partial charge in [0, 0.05) is 25.2 Å². The smallest absolute Gasteiger partial charge is 0.332 e. The van der Waals surface area contributed by atoms with Gasteiger partial charge in [0.1, 0.15) is 10.9 Å². The van der Waals surface area contributed by atoms with Gasteiger partial charge in [0.25, 0.3) is 5.56 Å². The van der Waals surface area contributed by atoms with Crippen molar-refractivity contribution >= 4 is 28.8 Å². The van der Waals surface area contributed by atoms with Gasteiger partial charge in [0.05, 0.1) is 12.0 Å². The molecule has 0 aliphatic rings. The number of carbonyl (C=O) groups excluding carboxylic acids is 1. The normalized spacial score (nSPS) is 12.4. The second kappa shape index (κ2) is 6.35. The molecule has 2 aromatic heterocycles. The molecule has 2 aromatic rings. The molecule has 1 unspecified atom stereocenters. The molecule has 0 N–H and O–H groups in total. The fourth-order valence-corrected chi connectivity index (χ4v) is 3.04. The molecule has 0 bridgehead atoms. The van der Waals surface area contributed by atoms with Crippen LogP contribution in [0.1, 0.15) is 13.8 Å². The minimum atomic E-state index is -0.465. The summed E-state index contributed by atoms with van der Waals surface area (Å²) in [6.07, 6.45) is 1.52. The first kappa shape index (κ1) is 16.3. The zero-order valence-corrected chi connectivity index (χ0v) is 13.6. The Hall–Kier alpha value is -2.09. The highest BCUT2D eigenvalue weighted by atomic mass is 32.2. The Morgan fingerprint density at radius 3 is 2.68 bits per heavy atom. The summed E-state index contributed by atoms with van der Waals surface area (Å²) in [4.78, 5) is 40.8. The fraction of sp³-hybridized carbons (Fsp3) is 0.429. The molecular weight excluding hydrogens is 306 g/mol. The molecule has 0 aliphatic heterocycles. The van der Waals surface area contributed by atoms with Gasteiger partial charge in [0.15, 0.2) is 0 Å². The molecule has 0 fully saturated rings. The maximum Gasteiger partial charge on any atom is 0.332 e. The van der Waals surface area contributed by atoms with Crippen LogP contribution in [-0.4, -0.2) is 31.9 Å². The van der Waals surface area contributed by atoms with E-state index in [1.165, 1.54) is 29.6 Å². The van der Waals surface area contributed by atoms with Gasteiger partial charge >= 0.3 is 11.7 Å². The molecule has 0 radical (unpaired) electrons. The Kier molecular flexibility index (Phi) is 4.70. The molecule has 7 nitrogen and oxygen atoms in total. The number of esters is 1. The molecule has 2 heterocycles. The second-order valence-corrected chi connectivity index (χ2v) is 6.11. The number of aromatic nitrogens is 3. The minimum Gasteiger partial charge on any atom is -0.465 e. The maximum atomic E-state index is 12.4. The number of thioether (sulfide) groups is 1. The van der Waals surface area contributed by atoms with Crippen molar-refractivity contribution in [2.24, 2.45) is 14.1 Å². The summed E-state index contributed by atoms with van der Waals surface area (Å²) < 4.78 is 7.32. The molecule has 1 atom stereocenters. The summed E-state index contributed by atoms with van der Waals surface area (Å²) >= 11 is 1.22. The highest BCUT2D eigenvalue weighted by Gasteiger charge is 2.20. The van der Waals surface area contributed by atoms with E-state index in [-0.39, 0.29) is 5.97 Å². The number of hydrogen-bond acceptors (Lipinski definition) is 6. The van der Waals surface area contributed by atoms with Crippen molar-refractivity contribution in [3.8, 4) is 0 Å². The van der Waals surface area contributed by atoms with E-state index in [9.17, 15) is 14.4 Å². The average Bonchev–Trinajstić information content (AvgIpc) is 2.50. The highest BCUT2D eigenvalue weighted by molar-refractivity contribution is 8.00. The Morgan fingerprint density at radius 2 is 2.05 bits per heavy atom. The van der Waals surface area contributed by atoms with E-state index in [1.807, 2.05) is 0 Å². The maximum absolute atomic E-state index is 12.4. The number of rotatable bonds is 4. The highest BCUT2D eigenvalue weighted by Crippen LogP contribution is 2.28. The summed E-state index contributed by atoms with van der Waals surface area (Å²) in [5.74, 6) is -0.348. The summed E-state index contributed by atoms with van der Waals surface area (Å²) in [7, 11) is 2.97. The molecular formula is C14H17N3O4S. The Morgan fingerprint density at radius 1 is 1.36 bits per heavy atom. The van der Waals surface area contributed by atoms with Gasteiger partial charge in [0.2, 0.25) is 0 Å². The molecule has 2 rings (SSSR count). The van der Waals surface area contributed by atoms with Crippen molar-refractivity contribution in [1.29, 1.82) is 0 Å². The lowest BCUT2D eigenvalue weighted by Gasteiger charge is -2.13. The van der Waals surface area contributed by atoms with E-state index in [2.05, 4.69) is 4.98 Å². The second-order valence-electron chi connectivity index (χ2n) is 4.73. The van der Waals surface area contributed by atoms with Crippen LogP contribution in [-0.2, 0) is 23.6 Å². The number of aryl methyl sites for hydroxylation is 1. The minimum absolute atomic E-state index is 0.300. The van der Waals surface area contributed by atoms with Gasteiger partial charge in [-0.3, -0.25) is 18.7 Å². The Bertz CT molecular complexity index is 840. The predicted octanol–water partition coefficient (Wildman–Crippen LogP) is 0.676. The van der Waals surface area contributed by atoms with Gasteiger partial charge in [-0.15, -0.1) is 11.8 Å². The number of ether oxygens (including phenoxy) is 1. The Labute approximate surface area is 130 Å². The quantitative estimate of drug-likeness (QED) is 0.608. The number of pyridine rings is 1. The molecule has 0 amide bonds. The number of fused-ring (bicyclic) bond motifs is 1. The first-order chi connectivity index (χ1) is 10.4. The topological polar surface area (TPSA) is 83.2 Å². The summed E-state index contributed by atoms with van der Waals surface area (Å²) in [5.41, 5.74) is -0.565. The van der Waals surface area contributed by atoms with Crippen LogP contribution in [0.5, 0.6) is 0 Å². The first-order valence-corrected chi connectivity index (χ1v) is 7.64. The molecule has 118 valence electrons. The van der Waals surface area contributed by atoms with Crippen LogP contribution >= 0.6 is 11.8 Å². The van der Waals surface area contributed by atoms with Crippen molar-refractivity contribution < 1.29 is 9.53 Å². The SMILES string of the molecule is CCOC(=O)C(C)Sc1ccnc2c1c(=O)n(C)c(=O)n2C. The van der Waals surface area contributed by atoms with Crippen LogP contribution in [0.3, 0.4) is 0 Å². The zero-order chi connectivity index (χ0) is 16.4. The molecule has 0 aromatic carbocycles. The van der Waals surface area contributed by atoms with Crippen molar-refractivity contribution in [2.45, 2.75) is 24.0 Å². The largest absolute Gasteiger partial charge is 0.465 e. The van der Waals surface area contributed by atoms with Gasteiger partial charge < -0.3 is 4.74 Å². The van der Waals surface area contributed by atoms with Gasteiger partial charge in [-0.1, -0.05) is 0 Å². The predicted molar refractivity (Wildman–Crippen MR) is 84.2 cm³/mol. The van der Waals surface area contributed by atoms with E-state index in [4.69, 9.17) is 4.74 Å². The van der Waals surface area contributed by atoms with E-state index >= 15 is 0 Å². The van der Waals surface area contributed by atoms with E-state index < -0.39 is 16.5 Å². The van der Waals surface area contributed by atoms with Crippen LogP contribution in [0.25, 0.3) is 11.0 Å². The monoisotopic (exact) mass is 323 g/mol. The van der Waals surface area contributed by atoms with E-state index in [0.717, 1.165) is 4.57 Å². The lowest BCUT2D eigenvalue weighted by molar-refractivity contribution is -0.142. The summed E-state index contributed by atoms with van der Waals surface area (Å²) in [6.45, 7) is 3.75. The zero-order valence-electron chi connectivity index (χ0n) is 12.8. The van der Waals surface area contributed by atoms with Crippen LogP contribution in [0.2, 0.25) is 0 Å². The standard InChI is InChI=1S/C14H17N3O4S/c1-5-21-13(19)8(2)22-9-6-7-15-11-10(9)12(18)17(4)14(20)16(11)3/h6-8H,5H2,1-4H3. The van der Waals surface area contributed by atoms with Gasteiger partial charge in [-0.25, -0.2) is 9.78 Å². The molecule has 0 saturated heterocycles. The first-order valence-electron chi connectivity index (χ1n) is 6.76. The van der Waals surface area contributed by atoms with Crippen molar-refractivity contribution in [1.82, 2.24) is 14.1 Å². The third-order valence-corrected chi connectivity index (χ3v) is 4.37. The molecule has 0 aliphatic carbocycles. The van der Waals surface area contributed by atoms with Crippen LogP contribution in [0.15, 0.2) is 26.7 Å². The third kappa shape index (κ3) is 2.78.